The van der Waals surface area contributed by atoms with Crippen LogP contribution in [0.4, 0.5) is 28.9 Å². The number of hydrogen-bond acceptors (Lipinski definition) is 4. The van der Waals surface area contributed by atoms with E-state index in [4.69, 9.17) is 5.73 Å². The first-order valence-corrected chi connectivity index (χ1v) is 8.40. The molecule has 0 heterocycles. The van der Waals surface area contributed by atoms with E-state index in [1.807, 2.05) is 0 Å². The maximum atomic E-state index is 13.3. The van der Waals surface area contributed by atoms with Crippen LogP contribution in [0.5, 0.6) is 0 Å². The molecule has 12 heteroatoms. The third-order valence-electron chi connectivity index (χ3n) is 3.41. The fraction of sp³-hybridized carbons (Fsp3) is 0.0588. The van der Waals surface area contributed by atoms with E-state index in [2.05, 4.69) is 26.2 Å². The molecule has 0 aliphatic heterocycles. The highest BCUT2D eigenvalue weighted by Gasteiger charge is 2.30. The largest absolute Gasteiger partial charge is 0.416 e. The van der Waals surface area contributed by atoms with Crippen LogP contribution in [0.1, 0.15) is 15.9 Å². The summed E-state index contributed by atoms with van der Waals surface area (Å²) in [4.78, 5) is 25.7. The molecule has 2 aromatic rings. The molecule has 0 aliphatic carbocycles. The van der Waals surface area contributed by atoms with Gasteiger partial charge in [-0.2, -0.15) is 18.2 Å². The lowest BCUT2D eigenvalue weighted by atomic mass is 10.1. The standard InChI is InChI=1S/C17H11BrF4N4O3/c18-13(8-24-11-3-1-2-9(6-11)17(20,21)22)15(23)25-16(27)12-7-10(19)4-5-14(12)26(28)29/h1-8,24H,(H2,23,25,27)/b13-8+. The van der Waals surface area contributed by atoms with Crippen molar-refractivity contribution < 1.29 is 27.3 Å². The normalized spacial score (nSPS) is 12.6. The molecule has 0 unspecified atom stereocenters. The van der Waals surface area contributed by atoms with Crippen LogP contribution >= 0.6 is 15.9 Å². The van der Waals surface area contributed by atoms with Crippen molar-refractivity contribution in [1.82, 2.24) is 0 Å². The summed E-state index contributed by atoms with van der Waals surface area (Å²) in [6.45, 7) is 0. The van der Waals surface area contributed by atoms with Gasteiger partial charge < -0.3 is 11.1 Å². The first kappa shape index (κ1) is 22.0. The van der Waals surface area contributed by atoms with Gasteiger partial charge in [0.05, 0.1) is 15.0 Å². The van der Waals surface area contributed by atoms with Crippen molar-refractivity contribution in [2.75, 3.05) is 5.32 Å². The predicted molar refractivity (Wildman–Crippen MR) is 101 cm³/mol. The molecule has 7 nitrogen and oxygen atoms in total. The Balaban J connectivity index is 2.23. The van der Waals surface area contributed by atoms with Gasteiger partial charge in [-0.1, -0.05) is 6.07 Å². The first-order chi connectivity index (χ1) is 13.5. The summed E-state index contributed by atoms with van der Waals surface area (Å²) in [5, 5.41) is 13.5. The predicted octanol–water partition coefficient (Wildman–Crippen LogP) is 4.60. The Morgan fingerprint density at radius 2 is 1.93 bits per heavy atom. The van der Waals surface area contributed by atoms with Gasteiger partial charge in [0, 0.05) is 18.0 Å². The van der Waals surface area contributed by atoms with E-state index >= 15 is 0 Å². The Labute approximate surface area is 169 Å². The number of benzene rings is 2. The van der Waals surface area contributed by atoms with Crippen LogP contribution in [-0.2, 0) is 6.18 Å². The van der Waals surface area contributed by atoms with Gasteiger partial charge in [0.25, 0.3) is 11.6 Å². The second-order valence-electron chi connectivity index (χ2n) is 5.44. The highest BCUT2D eigenvalue weighted by Crippen LogP contribution is 2.30. The third-order valence-corrected chi connectivity index (χ3v) is 4.04. The zero-order chi connectivity index (χ0) is 21.8. The lowest BCUT2D eigenvalue weighted by Crippen LogP contribution is -2.16. The molecule has 0 spiro atoms. The number of nitrogens with one attached hydrogen (secondary N) is 1. The number of nitro groups is 1. The van der Waals surface area contributed by atoms with Gasteiger partial charge in [-0.15, -0.1) is 0 Å². The number of anilines is 1. The summed E-state index contributed by atoms with van der Waals surface area (Å²) in [7, 11) is 0. The minimum Gasteiger partial charge on any atom is -0.383 e. The topological polar surface area (TPSA) is 111 Å². The Kier molecular flexibility index (Phi) is 6.69. The minimum absolute atomic E-state index is 0.0256. The van der Waals surface area contributed by atoms with Gasteiger partial charge >= 0.3 is 6.18 Å². The van der Waals surface area contributed by atoms with E-state index in [0.717, 1.165) is 30.5 Å². The quantitative estimate of drug-likeness (QED) is 0.216. The van der Waals surface area contributed by atoms with Gasteiger partial charge in [0.15, 0.2) is 0 Å². The van der Waals surface area contributed by atoms with E-state index in [1.165, 1.54) is 12.1 Å². The lowest BCUT2D eigenvalue weighted by Gasteiger charge is -2.09. The number of amidine groups is 1. The molecule has 29 heavy (non-hydrogen) atoms. The fourth-order valence-electron chi connectivity index (χ4n) is 2.07. The second-order valence-corrected chi connectivity index (χ2v) is 6.29. The van der Waals surface area contributed by atoms with E-state index < -0.39 is 45.5 Å². The van der Waals surface area contributed by atoms with Crippen LogP contribution in [0.25, 0.3) is 0 Å². The Hall–Kier alpha value is -3.28. The number of carbonyl (C=O) groups excluding carboxylic acids is 1. The summed E-state index contributed by atoms with van der Waals surface area (Å²) in [5.74, 6) is -2.49. The lowest BCUT2D eigenvalue weighted by molar-refractivity contribution is -0.385. The van der Waals surface area contributed by atoms with Crippen molar-refractivity contribution in [3.8, 4) is 0 Å². The van der Waals surface area contributed by atoms with Crippen molar-refractivity contribution in [3.63, 3.8) is 0 Å². The van der Waals surface area contributed by atoms with Crippen molar-refractivity contribution in [3.05, 3.63) is 80.2 Å². The van der Waals surface area contributed by atoms with Gasteiger partial charge in [-0.3, -0.25) is 14.9 Å². The maximum Gasteiger partial charge on any atom is 0.416 e. The average Bonchev–Trinajstić information content (AvgIpc) is 2.65. The number of carbonyl (C=O) groups is 1. The second kappa shape index (κ2) is 8.82. The minimum atomic E-state index is -4.52. The fourth-order valence-corrected chi connectivity index (χ4v) is 2.27. The number of nitrogens with zero attached hydrogens (tertiary/aromatic N) is 2. The van der Waals surface area contributed by atoms with Crippen molar-refractivity contribution in [1.29, 1.82) is 0 Å². The number of halogens is 5. The average molecular weight is 475 g/mol. The van der Waals surface area contributed by atoms with Crippen LogP contribution in [0.3, 0.4) is 0 Å². The Morgan fingerprint density at radius 3 is 2.55 bits per heavy atom. The van der Waals surface area contributed by atoms with Gasteiger partial charge in [0.1, 0.15) is 17.2 Å². The summed E-state index contributed by atoms with van der Waals surface area (Å²) >= 11 is 2.98. The number of alkyl halides is 3. The van der Waals surface area contributed by atoms with E-state index in [1.54, 1.807) is 0 Å². The molecule has 152 valence electrons. The number of aliphatic imine (C=N–C) groups is 1. The monoisotopic (exact) mass is 474 g/mol. The molecule has 0 radical (unpaired) electrons. The van der Waals surface area contributed by atoms with Crippen LogP contribution in [0.2, 0.25) is 0 Å². The number of nitro benzene ring substituents is 1. The summed E-state index contributed by atoms with van der Waals surface area (Å²) in [6, 6.07) is 6.58. The zero-order valence-electron chi connectivity index (χ0n) is 14.2. The molecule has 0 fully saturated rings. The summed E-state index contributed by atoms with van der Waals surface area (Å²) < 4.78 is 51.4. The van der Waals surface area contributed by atoms with Crippen molar-refractivity contribution >= 4 is 39.0 Å². The molecular weight excluding hydrogens is 464 g/mol. The molecule has 0 saturated carbocycles. The number of rotatable bonds is 5. The highest BCUT2D eigenvalue weighted by atomic mass is 79.9. The highest BCUT2D eigenvalue weighted by molar-refractivity contribution is 9.12. The van der Waals surface area contributed by atoms with Crippen molar-refractivity contribution in [2.45, 2.75) is 6.18 Å². The molecule has 0 bridgehead atoms. The first-order valence-electron chi connectivity index (χ1n) is 7.61. The Bertz CT molecular complexity index is 1020. The molecule has 0 saturated heterocycles. The molecule has 0 aromatic heterocycles. The van der Waals surface area contributed by atoms with E-state index in [-0.39, 0.29) is 10.2 Å². The van der Waals surface area contributed by atoms with Crippen LogP contribution in [0.15, 0.2) is 58.1 Å². The number of hydrogen-bond donors (Lipinski definition) is 2. The molecular formula is C17H11BrF4N4O3. The summed E-state index contributed by atoms with van der Waals surface area (Å²) in [6.07, 6.45) is -3.40. The SMILES string of the molecule is NC(=NC(=O)c1cc(F)ccc1[N+](=O)[O-])/C(Br)=C\Nc1cccc(C(F)(F)F)c1. The van der Waals surface area contributed by atoms with E-state index in [9.17, 15) is 32.5 Å². The zero-order valence-corrected chi connectivity index (χ0v) is 15.8. The van der Waals surface area contributed by atoms with Gasteiger partial charge in [-0.05, 0) is 46.3 Å². The molecule has 2 aromatic carbocycles. The van der Waals surface area contributed by atoms with Crippen molar-refractivity contribution in [2.24, 2.45) is 10.7 Å². The van der Waals surface area contributed by atoms with Crippen LogP contribution in [-0.4, -0.2) is 16.7 Å². The summed E-state index contributed by atoms with van der Waals surface area (Å²) in [5.41, 5.74) is 3.56. The van der Waals surface area contributed by atoms with Gasteiger partial charge in [-0.25, -0.2) is 4.39 Å². The molecule has 2 rings (SSSR count). The number of amides is 1. The van der Waals surface area contributed by atoms with E-state index in [0.29, 0.717) is 6.07 Å². The Morgan fingerprint density at radius 1 is 1.24 bits per heavy atom. The molecule has 1 amide bonds. The molecule has 0 atom stereocenters. The maximum absolute atomic E-state index is 13.3. The number of nitrogens with two attached hydrogens (primary N) is 1. The van der Waals surface area contributed by atoms with Crippen LogP contribution < -0.4 is 11.1 Å². The third kappa shape index (κ3) is 5.85. The molecule has 3 N–H and O–H groups in total. The molecule has 0 aliphatic rings. The smallest absolute Gasteiger partial charge is 0.383 e. The van der Waals surface area contributed by atoms with Crippen LogP contribution in [0, 0.1) is 15.9 Å². The van der Waals surface area contributed by atoms with Gasteiger partial charge in [0.2, 0.25) is 0 Å².